The largest absolute Gasteiger partial charge is 0.541 e. The van der Waals surface area contributed by atoms with Gasteiger partial charge in [0, 0.05) is 3.57 Å². The van der Waals surface area contributed by atoms with Gasteiger partial charge in [0.05, 0.1) is 0 Å². The molecule has 52 valence electrons. The van der Waals surface area contributed by atoms with Crippen LogP contribution in [0.3, 0.4) is 0 Å². The van der Waals surface area contributed by atoms with Crippen molar-refractivity contribution in [2.75, 3.05) is 0 Å². The number of hydrogen-bond donors (Lipinski definition) is 0. The van der Waals surface area contributed by atoms with Gasteiger partial charge in [0.15, 0.2) is 0 Å². The molecule has 0 aliphatic rings. The lowest BCUT2D eigenvalue weighted by Gasteiger charge is -1.99. The molecule has 0 heterocycles. The molecular weight excluding hydrogens is 239 g/mol. The lowest BCUT2D eigenvalue weighted by atomic mass is 10.2. The zero-order valence-corrected chi connectivity index (χ0v) is 7.46. The van der Waals surface area contributed by atoms with Crippen molar-refractivity contribution in [2.45, 2.75) is 6.42 Å². The summed E-state index contributed by atoms with van der Waals surface area (Å²) in [7, 11) is 0. The van der Waals surface area contributed by atoms with Gasteiger partial charge in [-0.3, -0.25) is 6.29 Å². The quantitative estimate of drug-likeness (QED) is 0.574. The van der Waals surface area contributed by atoms with Crippen molar-refractivity contribution in [3.63, 3.8) is 0 Å². The molecular formula is C8H6IO-. The van der Waals surface area contributed by atoms with Crippen molar-refractivity contribution < 1.29 is 4.79 Å². The monoisotopic (exact) mass is 245 g/mol. The molecule has 0 unspecified atom stereocenters. The summed E-state index contributed by atoms with van der Waals surface area (Å²) >= 11 is 2.23. The molecule has 0 saturated heterocycles. The molecule has 1 aromatic carbocycles. The van der Waals surface area contributed by atoms with Gasteiger partial charge < -0.3 is 4.79 Å². The van der Waals surface area contributed by atoms with E-state index in [1.807, 2.05) is 30.6 Å². The van der Waals surface area contributed by atoms with Crippen molar-refractivity contribution in [3.05, 3.63) is 33.4 Å². The Hall–Kier alpha value is -0.380. The first-order chi connectivity index (χ1) is 4.83. The minimum absolute atomic E-state index is 0.400. The van der Waals surface area contributed by atoms with Crippen LogP contribution in [0.25, 0.3) is 0 Å². The van der Waals surface area contributed by atoms with Crippen LogP contribution in [0.4, 0.5) is 0 Å². The third kappa shape index (κ3) is 2.10. The van der Waals surface area contributed by atoms with Crippen LogP contribution in [0, 0.1) is 3.57 Å². The lowest BCUT2D eigenvalue weighted by Crippen LogP contribution is -1.83. The number of rotatable bonds is 2. The molecule has 10 heavy (non-hydrogen) atoms. The summed E-state index contributed by atoms with van der Waals surface area (Å²) in [4.78, 5) is 9.93. The Morgan fingerprint density at radius 2 is 1.90 bits per heavy atom. The SMILES string of the molecule is O=[C-]Cc1ccc(I)cc1. The molecule has 0 bridgehead atoms. The van der Waals surface area contributed by atoms with E-state index >= 15 is 0 Å². The standard InChI is InChI=1S/C8H6IO/c9-8-3-1-7(2-4-8)5-6-10/h1-4H,5H2/q-1. The molecule has 2 heteroatoms. The third-order valence-electron chi connectivity index (χ3n) is 1.19. The van der Waals surface area contributed by atoms with Crippen LogP contribution in [-0.2, 0) is 11.2 Å². The van der Waals surface area contributed by atoms with E-state index < -0.39 is 0 Å². The van der Waals surface area contributed by atoms with Crippen molar-refractivity contribution in [2.24, 2.45) is 0 Å². The smallest absolute Gasteiger partial charge is 0.0130 e. The maximum Gasteiger partial charge on any atom is 0.0130 e. The molecule has 1 nitrogen and oxygen atoms in total. The van der Waals surface area contributed by atoms with Crippen molar-refractivity contribution in [1.82, 2.24) is 0 Å². The molecule has 0 amide bonds. The normalized spacial score (nSPS) is 9.30. The fourth-order valence-corrected chi connectivity index (χ4v) is 1.05. The van der Waals surface area contributed by atoms with Crippen LogP contribution in [0.1, 0.15) is 5.56 Å². The molecule has 0 spiro atoms. The fourth-order valence-electron chi connectivity index (χ4n) is 0.686. The van der Waals surface area contributed by atoms with E-state index in [4.69, 9.17) is 0 Å². The van der Waals surface area contributed by atoms with Crippen LogP contribution in [0.2, 0.25) is 0 Å². The fraction of sp³-hybridized carbons (Fsp3) is 0.125. The lowest BCUT2D eigenvalue weighted by molar-refractivity contribution is 0.555. The molecule has 0 fully saturated rings. The highest BCUT2D eigenvalue weighted by atomic mass is 127. The Bertz CT molecular complexity index is 215. The Morgan fingerprint density at radius 1 is 1.30 bits per heavy atom. The van der Waals surface area contributed by atoms with E-state index in [-0.39, 0.29) is 0 Å². The van der Waals surface area contributed by atoms with Gasteiger partial charge in [0.1, 0.15) is 0 Å². The highest BCUT2D eigenvalue weighted by Crippen LogP contribution is 2.05. The summed E-state index contributed by atoms with van der Waals surface area (Å²) in [5, 5.41) is 0. The highest BCUT2D eigenvalue weighted by Gasteiger charge is 1.84. The number of halogens is 1. The van der Waals surface area contributed by atoms with Crippen LogP contribution in [0.5, 0.6) is 0 Å². The Balaban J connectivity index is 2.78. The maximum absolute atomic E-state index is 9.93. The zero-order chi connectivity index (χ0) is 7.40. The minimum Gasteiger partial charge on any atom is -0.541 e. The minimum atomic E-state index is 0.400. The Kier molecular flexibility index (Phi) is 2.86. The Morgan fingerprint density at radius 3 is 2.40 bits per heavy atom. The van der Waals surface area contributed by atoms with Crippen LogP contribution < -0.4 is 0 Å². The number of carbonyl (C=O) groups excluding carboxylic acids is 1. The molecule has 0 radical (unpaired) electrons. The van der Waals surface area contributed by atoms with Gasteiger partial charge >= 0.3 is 0 Å². The van der Waals surface area contributed by atoms with Gasteiger partial charge in [-0.1, -0.05) is 17.7 Å². The first-order valence-corrected chi connectivity index (χ1v) is 4.00. The van der Waals surface area contributed by atoms with Crippen LogP contribution >= 0.6 is 22.6 Å². The van der Waals surface area contributed by atoms with Crippen molar-refractivity contribution in [3.8, 4) is 0 Å². The summed E-state index contributed by atoms with van der Waals surface area (Å²) in [5.41, 5.74) is 1.02. The van der Waals surface area contributed by atoms with E-state index in [9.17, 15) is 4.79 Å². The summed E-state index contributed by atoms with van der Waals surface area (Å²) < 4.78 is 1.19. The third-order valence-corrected chi connectivity index (χ3v) is 1.91. The second-order valence-corrected chi connectivity index (χ2v) is 3.19. The predicted molar refractivity (Wildman–Crippen MR) is 48.6 cm³/mol. The summed E-state index contributed by atoms with van der Waals surface area (Å²) in [6, 6.07) is 7.83. The molecule has 0 atom stereocenters. The second kappa shape index (κ2) is 3.71. The maximum atomic E-state index is 9.93. The van der Waals surface area contributed by atoms with Crippen molar-refractivity contribution in [1.29, 1.82) is 0 Å². The van der Waals surface area contributed by atoms with E-state index in [1.165, 1.54) is 3.57 Å². The van der Waals surface area contributed by atoms with Gasteiger partial charge in [0.2, 0.25) is 0 Å². The van der Waals surface area contributed by atoms with E-state index in [0.29, 0.717) is 6.42 Å². The molecule has 0 saturated carbocycles. The highest BCUT2D eigenvalue weighted by molar-refractivity contribution is 14.1. The first kappa shape index (κ1) is 7.72. The van der Waals surface area contributed by atoms with Gasteiger partial charge in [-0.15, -0.1) is 6.42 Å². The zero-order valence-electron chi connectivity index (χ0n) is 5.30. The topological polar surface area (TPSA) is 17.1 Å². The van der Waals surface area contributed by atoms with Gasteiger partial charge in [-0.25, -0.2) is 0 Å². The average molecular weight is 245 g/mol. The Labute approximate surface area is 73.6 Å². The van der Waals surface area contributed by atoms with Crippen LogP contribution in [0.15, 0.2) is 24.3 Å². The second-order valence-electron chi connectivity index (χ2n) is 1.95. The summed E-state index contributed by atoms with van der Waals surface area (Å²) in [5.74, 6) is 0. The molecule has 1 rings (SSSR count). The average Bonchev–Trinajstić information content (AvgIpc) is 1.95. The van der Waals surface area contributed by atoms with Gasteiger partial charge in [0.25, 0.3) is 0 Å². The molecule has 0 aliphatic heterocycles. The van der Waals surface area contributed by atoms with E-state index in [0.717, 1.165) is 5.56 Å². The van der Waals surface area contributed by atoms with E-state index in [2.05, 4.69) is 22.6 Å². The summed E-state index contributed by atoms with van der Waals surface area (Å²) in [6.07, 6.45) is 2.25. The molecule has 0 aliphatic carbocycles. The summed E-state index contributed by atoms with van der Waals surface area (Å²) in [6.45, 7) is 0. The molecule has 1 aromatic rings. The molecule has 0 aromatic heterocycles. The predicted octanol–water partition coefficient (Wildman–Crippen LogP) is 1.94. The van der Waals surface area contributed by atoms with Crippen LogP contribution in [-0.4, -0.2) is 6.29 Å². The molecule has 0 N–H and O–H groups in total. The number of benzene rings is 1. The van der Waals surface area contributed by atoms with Gasteiger partial charge in [-0.05, 0) is 34.7 Å². The van der Waals surface area contributed by atoms with Gasteiger partial charge in [-0.2, -0.15) is 0 Å². The van der Waals surface area contributed by atoms with Crippen molar-refractivity contribution >= 4 is 28.9 Å². The number of hydrogen-bond acceptors (Lipinski definition) is 1. The first-order valence-electron chi connectivity index (χ1n) is 2.92. The van der Waals surface area contributed by atoms with E-state index in [1.54, 1.807) is 0 Å².